The van der Waals surface area contributed by atoms with Gasteiger partial charge in [0, 0.05) is 12.8 Å². The molecule has 0 heterocycles. The topological polar surface area (TPSA) is 146 Å². The van der Waals surface area contributed by atoms with Crippen LogP contribution >= 0.6 is 7.82 Å². The SMILES string of the molecule is CCCCCCCCCCCCCCCC(=O)OC[C@@H](COP(=O)(O)OCC[N+](C)(C)C)OC(=O)CCCCCCCC(O)/C=C/C=O. The summed E-state index contributed by atoms with van der Waals surface area (Å²) in [5.41, 5.74) is 0. The third-order valence-electron chi connectivity index (χ3n) is 7.95. The van der Waals surface area contributed by atoms with Gasteiger partial charge in [0.05, 0.1) is 33.9 Å². The maximum atomic E-state index is 12.5. The summed E-state index contributed by atoms with van der Waals surface area (Å²) >= 11 is 0. The fourth-order valence-corrected chi connectivity index (χ4v) is 5.72. The van der Waals surface area contributed by atoms with Crippen molar-refractivity contribution in [3.05, 3.63) is 12.2 Å². The van der Waals surface area contributed by atoms with Gasteiger partial charge in [0.25, 0.3) is 0 Å². The molecule has 0 saturated heterocycles. The van der Waals surface area contributed by atoms with E-state index in [4.69, 9.17) is 18.5 Å². The minimum atomic E-state index is -4.40. The number of carbonyl (C=O) groups is 3. The van der Waals surface area contributed by atoms with Crippen LogP contribution in [0.1, 0.15) is 142 Å². The fourth-order valence-electron chi connectivity index (χ4n) is 4.97. The molecule has 282 valence electrons. The molecule has 0 aliphatic heterocycles. The lowest BCUT2D eigenvalue weighted by Crippen LogP contribution is -2.37. The lowest BCUT2D eigenvalue weighted by Gasteiger charge is -2.24. The van der Waals surface area contributed by atoms with Gasteiger partial charge < -0.3 is 24.0 Å². The number of carbonyl (C=O) groups excluding carboxylic acids is 3. The van der Waals surface area contributed by atoms with Crippen molar-refractivity contribution in [2.24, 2.45) is 0 Å². The number of aliphatic hydroxyl groups excluding tert-OH is 1. The molecule has 2 N–H and O–H groups in total. The second-order valence-electron chi connectivity index (χ2n) is 13.8. The molecule has 11 nitrogen and oxygen atoms in total. The summed E-state index contributed by atoms with van der Waals surface area (Å²) in [5.74, 6) is -0.915. The van der Waals surface area contributed by atoms with Gasteiger partial charge in [-0.05, 0) is 25.3 Å². The van der Waals surface area contributed by atoms with Gasteiger partial charge >= 0.3 is 19.8 Å². The Hall–Kier alpha value is -1.62. The van der Waals surface area contributed by atoms with Crippen LogP contribution in [0.3, 0.4) is 0 Å². The number of phosphoric acid groups is 1. The Kier molecular flexibility index (Phi) is 29.2. The molecule has 2 unspecified atom stereocenters. The maximum Gasteiger partial charge on any atom is 0.472 e. The number of hydrogen-bond donors (Lipinski definition) is 2. The number of nitrogens with zero attached hydrogens (tertiary/aromatic N) is 1. The number of phosphoric ester groups is 1. The average Bonchev–Trinajstić information content (AvgIpc) is 3.02. The second kappa shape index (κ2) is 30.2. The van der Waals surface area contributed by atoms with Crippen molar-refractivity contribution in [3.63, 3.8) is 0 Å². The Bertz CT molecular complexity index is 892. The molecule has 0 fully saturated rings. The average molecular weight is 707 g/mol. The first-order chi connectivity index (χ1) is 22.9. The van der Waals surface area contributed by atoms with Gasteiger partial charge in [0.2, 0.25) is 0 Å². The van der Waals surface area contributed by atoms with E-state index in [9.17, 15) is 28.9 Å². The van der Waals surface area contributed by atoms with Crippen LogP contribution < -0.4 is 0 Å². The predicted octanol–water partition coefficient (Wildman–Crippen LogP) is 7.61. The van der Waals surface area contributed by atoms with E-state index in [1.165, 1.54) is 76.4 Å². The van der Waals surface area contributed by atoms with Gasteiger partial charge in [-0.3, -0.25) is 23.4 Å². The molecule has 0 bridgehead atoms. The van der Waals surface area contributed by atoms with Crippen LogP contribution in [-0.4, -0.2) is 92.4 Å². The Labute approximate surface area is 291 Å². The first-order valence-electron chi connectivity index (χ1n) is 18.5. The summed E-state index contributed by atoms with van der Waals surface area (Å²) in [5, 5.41) is 9.72. The van der Waals surface area contributed by atoms with E-state index in [1.807, 2.05) is 21.1 Å². The molecule has 0 saturated carbocycles. The molecule has 0 aromatic rings. The molecule has 0 rings (SSSR count). The number of likely N-dealkylation sites (N-methyl/N-ethyl adjacent to an activating group) is 1. The van der Waals surface area contributed by atoms with Gasteiger partial charge in [0.1, 0.15) is 26.0 Å². The van der Waals surface area contributed by atoms with Crippen molar-refractivity contribution < 1.29 is 52.0 Å². The first-order valence-corrected chi connectivity index (χ1v) is 20.0. The molecule has 0 aromatic carbocycles. The zero-order valence-electron chi connectivity index (χ0n) is 30.6. The van der Waals surface area contributed by atoms with Crippen molar-refractivity contribution in [1.29, 1.82) is 0 Å². The summed E-state index contributed by atoms with van der Waals surface area (Å²) in [6.45, 7) is 2.01. The van der Waals surface area contributed by atoms with Crippen LogP contribution in [0.25, 0.3) is 0 Å². The van der Waals surface area contributed by atoms with Gasteiger partial charge in [-0.1, -0.05) is 116 Å². The van der Waals surface area contributed by atoms with E-state index in [0.29, 0.717) is 30.2 Å². The molecular formula is C36H69NO10P+. The molecular weight excluding hydrogens is 637 g/mol. The molecule has 0 radical (unpaired) electrons. The summed E-state index contributed by atoms with van der Waals surface area (Å²) in [6, 6.07) is 0. The van der Waals surface area contributed by atoms with Gasteiger partial charge in [-0.25, -0.2) is 4.57 Å². The molecule has 3 atom stereocenters. The zero-order chi connectivity index (χ0) is 35.9. The normalized spacial score (nSPS) is 14.5. The number of allylic oxidation sites excluding steroid dienone is 1. The third-order valence-corrected chi connectivity index (χ3v) is 8.93. The van der Waals surface area contributed by atoms with Crippen LogP contribution in [0.5, 0.6) is 0 Å². The summed E-state index contributed by atoms with van der Waals surface area (Å²) in [6.07, 6.45) is 22.3. The Morgan fingerprint density at radius 2 is 1.23 bits per heavy atom. The molecule has 12 heteroatoms. The molecule has 48 heavy (non-hydrogen) atoms. The van der Waals surface area contributed by atoms with Crippen LogP contribution in [-0.2, 0) is 37.5 Å². The highest BCUT2D eigenvalue weighted by molar-refractivity contribution is 7.47. The van der Waals surface area contributed by atoms with Crippen molar-refractivity contribution in [2.75, 3.05) is 47.5 Å². The first kappa shape index (κ1) is 46.4. The zero-order valence-corrected chi connectivity index (χ0v) is 31.5. The number of unbranched alkanes of at least 4 members (excludes halogenated alkanes) is 16. The Morgan fingerprint density at radius 1 is 0.729 bits per heavy atom. The van der Waals surface area contributed by atoms with E-state index >= 15 is 0 Å². The Balaban J connectivity index is 4.46. The fraction of sp³-hybridized carbons (Fsp3) is 0.861. The largest absolute Gasteiger partial charge is 0.472 e. The molecule has 0 amide bonds. The lowest BCUT2D eigenvalue weighted by molar-refractivity contribution is -0.870. The molecule has 0 spiro atoms. The van der Waals surface area contributed by atoms with Gasteiger partial charge in [-0.15, -0.1) is 0 Å². The molecule has 0 aromatic heterocycles. The van der Waals surface area contributed by atoms with Crippen LogP contribution in [0, 0.1) is 0 Å². The molecule has 0 aliphatic carbocycles. The summed E-state index contributed by atoms with van der Waals surface area (Å²) in [4.78, 5) is 45.4. The van der Waals surface area contributed by atoms with Crippen molar-refractivity contribution in [1.82, 2.24) is 0 Å². The number of ether oxygens (including phenoxy) is 2. The van der Waals surface area contributed by atoms with Crippen LogP contribution in [0.15, 0.2) is 12.2 Å². The van der Waals surface area contributed by atoms with Crippen molar-refractivity contribution in [2.45, 2.75) is 154 Å². The number of aldehydes is 1. The number of quaternary nitrogens is 1. The van der Waals surface area contributed by atoms with Crippen molar-refractivity contribution in [3.8, 4) is 0 Å². The van der Waals surface area contributed by atoms with Crippen LogP contribution in [0.4, 0.5) is 0 Å². The van der Waals surface area contributed by atoms with E-state index in [1.54, 1.807) is 0 Å². The van der Waals surface area contributed by atoms with E-state index in [0.717, 1.165) is 44.9 Å². The minimum absolute atomic E-state index is 0.00421. The number of aliphatic hydroxyl groups is 1. The number of esters is 2. The van der Waals surface area contributed by atoms with E-state index in [2.05, 4.69) is 6.92 Å². The third kappa shape index (κ3) is 32.9. The summed E-state index contributed by atoms with van der Waals surface area (Å²) in [7, 11) is 1.38. The highest BCUT2D eigenvalue weighted by atomic mass is 31.2. The number of hydrogen-bond acceptors (Lipinski definition) is 9. The van der Waals surface area contributed by atoms with E-state index in [-0.39, 0.29) is 26.1 Å². The van der Waals surface area contributed by atoms with E-state index < -0.39 is 38.6 Å². The summed E-state index contributed by atoms with van der Waals surface area (Å²) < 4.78 is 33.9. The highest BCUT2D eigenvalue weighted by Gasteiger charge is 2.27. The van der Waals surface area contributed by atoms with Crippen molar-refractivity contribution >= 4 is 26.0 Å². The maximum absolute atomic E-state index is 12.5. The minimum Gasteiger partial charge on any atom is -0.462 e. The highest BCUT2D eigenvalue weighted by Crippen LogP contribution is 2.43. The molecule has 0 aliphatic rings. The van der Waals surface area contributed by atoms with Crippen LogP contribution in [0.2, 0.25) is 0 Å². The quantitative estimate of drug-likeness (QED) is 0.0171. The smallest absolute Gasteiger partial charge is 0.462 e. The standard InChI is InChI=1S/C36H68NO10P/c1-5-6-7-8-9-10-11-12-13-14-15-18-21-26-35(40)44-31-34(32-46-48(42,43)45-30-28-37(2,3)4)47-36(41)27-22-19-16-17-20-24-33(39)25-23-29-38/h23,25,29,33-34,39H,5-22,24,26-28,30-32H2,1-4H3/p+1/b25-23+/t33?,34-/m0/s1. The predicted molar refractivity (Wildman–Crippen MR) is 189 cm³/mol. The lowest BCUT2D eigenvalue weighted by atomic mass is 10.0. The number of rotatable bonds is 34. The monoisotopic (exact) mass is 706 g/mol. The van der Waals surface area contributed by atoms with Gasteiger partial charge in [0.15, 0.2) is 6.10 Å². The Morgan fingerprint density at radius 3 is 1.75 bits per heavy atom. The van der Waals surface area contributed by atoms with Gasteiger partial charge in [-0.2, -0.15) is 0 Å². The second-order valence-corrected chi connectivity index (χ2v) is 15.2.